The molecule has 0 saturated carbocycles. The Morgan fingerprint density at radius 1 is 1.29 bits per heavy atom. The van der Waals surface area contributed by atoms with E-state index in [4.69, 9.17) is 10.5 Å². The third kappa shape index (κ3) is 2.48. The highest BCUT2D eigenvalue weighted by Crippen LogP contribution is 2.36. The van der Waals surface area contributed by atoms with Crippen molar-refractivity contribution in [3.63, 3.8) is 0 Å². The van der Waals surface area contributed by atoms with Crippen molar-refractivity contribution in [1.82, 2.24) is 0 Å². The average molecular weight is 251 g/mol. The summed E-state index contributed by atoms with van der Waals surface area (Å²) in [7, 11) is 1.58. The lowest BCUT2D eigenvalue weighted by Gasteiger charge is -2.06. The Labute approximate surface area is 104 Å². The van der Waals surface area contributed by atoms with Crippen LogP contribution in [0.2, 0.25) is 0 Å². The molecule has 2 N–H and O–H groups in total. The van der Waals surface area contributed by atoms with E-state index in [1.807, 2.05) is 19.1 Å². The van der Waals surface area contributed by atoms with E-state index in [-0.39, 0.29) is 11.9 Å². The zero-order valence-corrected chi connectivity index (χ0v) is 10.6. The number of ether oxygens (including phenoxy) is 1. The number of thiophene rings is 1. The predicted molar refractivity (Wildman–Crippen MR) is 68.9 cm³/mol. The molecule has 0 spiro atoms. The Balaban J connectivity index is 2.47. The molecule has 17 heavy (non-hydrogen) atoms. The van der Waals surface area contributed by atoms with E-state index in [1.54, 1.807) is 24.5 Å². The lowest BCUT2D eigenvalue weighted by molar-refractivity contribution is 0.415. The lowest BCUT2D eigenvalue weighted by Crippen LogP contribution is -2.01. The second-order valence-electron chi connectivity index (χ2n) is 3.84. The molecule has 4 heteroatoms. The van der Waals surface area contributed by atoms with E-state index in [0.717, 1.165) is 15.3 Å². The van der Waals surface area contributed by atoms with Crippen LogP contribution in [0.1, 0.15) is 17.8 Å². The minimum absolute atomic E-state index is 0.00620. The fourth-order valence-electron chi connectivity index (χ4n) is 1.62. The van der Waals surface area contributed by atoms with E-state index in [1.165, 1.54) is 12.1 Å². The van der Waals surface area contributed by atoms with Crippen LogP contribution < -0.4 is 10.5 Å². The molecular formula is C13H14FNOS. The number of methoxy groups -OCH3 is 1. The van der Waals surface area contributed by atoms with Crippen LogP contribution in [0.3, 0.4) is 0 Å². The second kappa shape index (κ2) is 4.85. The van der Waals surface area contributed by atoms with Crippen molar-refractivity contribution < 1.29 is 9.13 Å². The summed E-state index contributed by atoms with van der Waals surface area (Å²) in [5, 5.41) is 0. The third-order valence-electron chi connectivity index (χ3n) is 2.50. The van der Waals surface area contributed by atoms with Gasteiger partial charge >= 0.3 is 0 Å². The molecule has 1 aromatic carbocycles. The number of benzene rings is 1. The van der Waals surface area contributed by atoms with E-state index in [0.29, 0.717) is 5.75 Å². The van der Waals surface area contributed by atoms with Crippen molar-refractivity contribution in [2.45, 2.75) is 13.0 Å². The maximum Gasteiger partial charge on any atom is 0.127 e. The van der Waals surface area contributed by atoms with Crippen LogP contribution in [-0.2, 0) is 0 Å². The van der Waals surface area contributed by atoms with Crippen LogP contribution in [-0.4, -0.2) is 7.11 Å². The lowest BCUT2D eigenvalue weighted by atomic mass is 10.1. The van der Waals surface area contributed by atoms with Crippen LogP contribution >= 0.6 is 11.3 Å². The van der Waals surface area contributed by atoms with Crippen LogP contribution in [0, 0.1) is 5.82 Å². The van der Waals surface area contributed by atoms with Gasteiger partial charge < -0.3 is 10.5 Å². The summed E-state index contributed by atoms with van der Waals surface area (Å²) in [6, 6.07) is 8.41. The van der Waals surface area contributed by atoms with Crippen molar-refractivity contribution in [3.8, 4) is 16.2 Å². The number of hydrogen-bond donors (Lipinski definition) is 1. The first-order valence-corrected chi connectivity index (χ1v) is 6.12. The monoisotopic (exact) mass is 251 g/mol. The van der Waals surface area contributed by atoms with Gasteiger partial charge in [-0.3, -0.25) is 0 Å². The smallest absolute Gasteiger partial charge is 0.127 e. The van der Waals surface area contributed by atoms with Gasteiger partial charge in [0.25, 0.3) is 0 Å². The summed E-state index contributed by atoms with van der Waals surface area (Å²) in [6.45, 7) is 1.93. The highest BCUT2D eigenvalue weighted by atomic mass is 32.1. The Kier molecular flexibility index (Phi) is 3.45. The summed E-state index contributed by atoms with van der Waals surface area (Å²) < 4.78 is 18.5. The molecule has 1 aromatic heterocycles. The third-order valence-corrected chi connectivity index (χ3v) is 3.82. The van der Waals surface area contributed by atoms with Crippen molar-refractivity contribution >= 4 is 11.3 Å². The van der Waals surface area contributed by atoms with Crippen molar-refractivity contribution in [1.29, 1.82) is 0 Å². The average Bonchev–Trinajstić information content (AvgIpc) is 2.78. The minimum Gasteiger partial charge on any atom is -0.496 e. The van der Waals surface area contributed by atoms with Crippen LogP contribution in [0.4, 0.5) is 4.39 Å². The molecule has 0 bridgehead atoms. The van der Waals surface area contributed by atoms with Crippen LogP contribution in [0.25, 0.3) is 10.4 Å². The fourth-order valence-corrected chi connectivity index (χ4v) is 2.60. The normalized spacial score (nSPS) is 12.5. The molecule has 0 amide bonds. The molecule has 0 aliphatic heterocycles. The van der Waals surface area contributed by atoms with Gasteiger partial charge in [-0.25, -0.2) is 4.39 Å². The van der Waals surface area contributed by atoms with Gasteiger partial charge in [0.15, 0.2) is 0 Å². The summed E-state index contributed by atoms with van der Waals surface area (Å²) in [6.07, 6.45) is 0. The van der Waals surface area contributed by atoms with Crippen molar-refractivity contribution in [2.75, 3.05) is 7.11 Å². The number of halogens is 1. The maximum atomic E-state index is 13.3. The first-order valence-electron chi connectivity index (χ1n) is 5.31. The van der Waals surface area contributed by atoms with E-state index in [9.17, 15) is 4.39 Å². The second-order valence-corrected chi connectivity index (χ2v) is 4.95. The van der Waals surface area contributed by atoms with Gasteiger partial charge in [-0.1, -0.05) is 0 Å². The molecule has 2 aromatic rings. The van der Waals surface area contributed by atoms with Gasteiger partial charge in [0.2, 0.25) is 0 Å². The summed E-state index contributed by atoms with van der Waals surface area (Å²) in [5.41, 5.74) is 6.58. The van der Waals surface area contributed by atoms with Gasteiger partial charge in [-0.2, -0.15) is 0 Å². The summed E-state index contributed by atoms with van der Waals surface area (Å²) >= 11 is 1.56. The topological polar surface area (TPSA) is 35.2 Å². The molecule has 2 nitrogen and oxygen atoms in total. The molecule has 1 unspecified atom stereocenters. The standard InChI is InChI=1S/C13H14FNOS/c1-8(15)12-5-6-13(17-12)10-7-9(14)3-4-11(10)16-2/h3-8H,15H2,1-2H3. The molecule has 1 heterocycles. The van der Waals surface area contributed by atoms with Gasteiger partial charge in [0.1, 0.15) is 11.6 Å². The zero-order chi connectivity index (χ0) is 12.4. The van der Waals surface area contributed by atoms with Gasteiger partial charge in [-0.15, -0.1) is 11.3 Å². The maximum absolute atomic E-state index is 13.3. The Hall–Kier alpha value is -1.39. The molecule has 0 radical (unpaired) electrons. The first kappa shape index (κ1) is 12.1. The molecule has 90 valence electrons. The van der Waals surface area contributed by atoms with Crippen LogP contribution in [0.15, 0.2) is 30.3 Å². The summed E-state index contributed by atoms with van der Waals surface area (Å²) in [5.74, 6) is 0.404. The van der Waals surface area contributed by atoms with E-state index < -0.39 is 0 Å². The van der Waals surface area contributed by atoms with Gasteiger partial charge in [0, 0.05) is 21.4 Å². The van der Waals surface area contributed by atoms with Crippen molar-refractivity contribution in [2.24, 2.45) is 5.73 Å². The van der Waals surface area contributed by atoms with Crippen LogP contribution in [0.5, 0.6) is 5.75 Å². The first-order chi connectivity index (χ1) is 8.11. The SMILES string of the molecule is COc1ccc(F)cc1-c1ccc(C(C)N)s1. The van der Waals surface area contributed by atoms with Crippen molar-refractivity contribution in [3.05, 3.63) is 41.0 Å². The number of nitrogens with two attached hydrogens (primary N) is 1. The zero-order valence-electron chi connectivity index (χ0n) is 9.74. The quantitative estimate of drug-likeness (QED) is 0.904. The fraction of sp³-hybridized carbons (Fsp3) is 0.231. The Morgan fingerprint density at radius 2 is 2.06 bits per heavy atom. The van der Waals surface area contributed by atoms with E-state index >= 15 is 0 Å². The highest BCUT2D eigenvalue weighted by Gasteiger charge is 2.11. The number of hydrogen-bond acceptors (Lipinski definition) is 3. The summed E-state index contributed by atoms with van der Waals surface area (Å²) in [4.78, 5) is 2.04. The van der Waals surface area contributed by atoms with E-state index in [2.05, 4.69) is 0 Å². The number of rotatable bonds is 3. The Bertz CT molecular complexity index is 522. The Morgan fingerprint density at radius 3 is 2.65 bits per heavy atom. The van der Waals surface area contributed by atoms with Gasteiger partial charge in [-0.05, 0) is 37.3 Å². The molecular weight excluding hydrogens is 237 g/mol. The molecule has 1 atom stereocenters. The molecule has 0 aliphatic carbocycles. The molecule has 0 saturated heterocycles. The predicted octanol–water partition coefficient (Wildman–Crippen LogP) is 3.58. The molecule has 0 fully saturated rings. The molecule has 2 rings (SSSR count). The van der Waals surface area contributed by atoms with Gasteiger partial charge in [0.05, 0.1) is 7.11 Å². The highest BCUT2D eigenvalue weighted by molar-refractivity contribution is 7.15. The minimum atomic E-state index is -0.267. The molecule has 0 aliphatic rings. The largest absolute Gasteiger partial charge is 0.496 e.